The van der Waals surface area contributed by atoms with E-state index in [2.05, 4.69) is 36.5 Å². The summed E-state index contributed by atoms with van der Waals surface area (Å²) in [6, 6.07) is 4.68. The van der Waals surface area contributed by atoms with Gasteiger partial charge < -0.3 is 15.4 Å². The topological polar surface area (TPSA) is 59.1 Å². The van der Waals surface area contributed by atoms with Gasteiger partial charge in [-0.15, -0.1) is 0 Å². The molecular weight excluding hydrogens is 339 g/mol. The number of aromatic nitrogens is 2. The van der Waals surface area contributed by atoms with Crippen LogP contribution in [-0.2, 0) is 0 Å². The van der Waals surface area contributed by atoms with E-state index in [0.717, 1.165) is 6.54 Å². The Balaban J connectivity index is 2.21. The molecule has 1 aromatic heterocycles. The fourth-order valence-electron chi connectivity index (χ4n) is 1.69. The number of benzene rings is 1. The molecule has 2 aromatic rings. The van der Waals surface area contributed by atoms with E-state index in [1.807, 2.05) is 13.8 Å². The van der Waals surface area contributed by atoms with Crippen LogP contribution in [0.4, 0.5) is 21.8 Å². The maximum absolute atomic E-state index is 13.8. The summed E-state index contributed by atoms with van der Waals surface area (Å²) < 4.78 is 19.7. The lowest BCUT2D eigenvalue weighted by molar-refractivity contribution is 0.321. The zero-order chi connectivity index (χ0) is 15.2. The molecule has 0 aliphatic rings. The summed E-state index contributed by atoms with van der Waals surface area (Å²) in [4.78, 5) is 8.43. The third kappa shape index (κ3) is 4.04. The Labute approximate surface area is 131 Å². The maximum atomic E-state index is 13.8. The van der Waals surface area contributed by atoms with Gasteiger partial charge in [0.15, 0.2) is 11.6 Å². The first-order valence-electron chi connectivity index (χ1n) is 6.59. The van der Waals surface area contributed by atoms with E-state index < -0.39 is 5.82 Å². The van der Waals surface area contributed by atoms with Crippen molar-refractivity contribution in [2.45, 2.75) is 13.8 Å². The van der Waals surface area contributed by atoms with Crippen molar-refractivity contribution in [1.82, 2.24) is 9.97 Å². The molecule has 0 unspecified atom stereocenters. The number of ether oxygens (including phenoxy) is 1. The zero-order valence-corrected chi connectivity index (χ0v) is 13.4. The van der Waals surface area contributed by atoms with Crippen LogP contribution in [0.2, 0.25) is 0 Å². The third-order valence-corrected chi connectivity index (χ3v) is 3.15. The molecule has 5 nitrogen and oxygen atoms in total. The van der Waals surface area contributed by atoms with Crippen molar-refractivity contribution in [1.29, 1.82) is 0 Å². The molecule has 7 heteroatoms. The number of anilines is 3. The van der Waals surface area contributed by atoms with E-state index in [9.17, 15) is 4.39 Å². The van der Waals surface area contributed by atoms with Crippen LogP contribution in [0.5, 0.6) is 5.75 Å². The number of nitrogens with one attached hydrogen (secondary N) is 2. The van der Waals surface area contributed by atoms with Gasteiger partial charge in [-0.1, -0.05) is 0 Å². The van der Waals surface area contributed by atoms with E-state index >= 15 is 0 Å². The standard InChI is InChI=1S/C14H16BrFN4O/c1-3-17-14-18-8-10(15)13(20-14)19-9-5-6-12(21-4-2)11(16)7-9/h5-8H,3-4H2,1-2H3,(H2,17,18,19,20). The lowest BCUT2D eigenvalue weighted by atomic mass is 10.3. The molecule has 0 spiro atoms. The van der Waals surface area contributed by atoms with E-state index in [1.165, 1.54) is 6.07 Å². The second-order valence-corrected chi connectivity index (χ2v) is 4.98. The summed E-state index contributed by atoms with van der Waals surface area (Å²) in [5.41, 5.74) is 0.581. The predicted molar refractivity (Wildman–Crippen MR) is 84.7 cm³/mol. The first-order chi connectivity index (χ1) is 10.1. The highest BCUT2D eigenvalue weighted by atomic mass is 79.9. The highest BCUT2D eigenvalue weighted by Crippen LogP contribution is 2.27. The minimum Gasteiger partial charge on any atom is -0.491 e. The quantitative estimate of drug-likeness (QED) is 0.822. The molecule has 0 saturated carbocycles. The fourth-order valence-corrected chi connectivity index (χ4v) is 1.98. The van der Waals surface area contributed by atoms with E-state index in [4.69, 9.17) is 4.74 Å². The molecule has 0 bridgehead atoms. The van der Waals surface area contributed by atoms with Gasteiger partial charge in [-0.2, -0.15) is 4.98 Å². The van der Waals surface area contributed by atoms with Gasteiger partial charge in [0, 0.05) is 24.5 Å². The Kier molecular flexibility index (Phi) is 5.32. The molecule has 2 N–H and O–H groups in total. The van der Waals surface area contributed by atoms with Crippen molar-refractivity contribution < 1.29 is 9.13 Å². The molecule has 1 heterocycles. The SMILES string of the molecule is CCNc1ncc(Br)c(Nc2ccc(OCC)c(F)c2)n1. The Hall–Kier alpha value is -1.89. The summed E-state index contributed by atoms with van der Waals surface area (Å²) in [7, 11) is 0. The second-order valence-electron chi connectivity index (χ2n) is 4.12. The van der Waals surface area contributed by atoms with Crippen LogP contribution < -0.4 is 15.4 Å². The van der Waals surface area contributed by atoms with Crippen LogP contribution in [0.25, 0.3) is 0 Å². The second kappa shape index (κ2) is 7.21. The van der Waals surface area contributed by atoms with Crippen LogP contribution in [0.3, 0.4) is 0 Å². The number of hydrogen-bond donors (Lipinski definition) is 2. The van der Waals surface area contributed by atoms with Crippen LogP contribution >= 0.6 is 15.9 Å². The minimum absolute atomic E-state index is 0.234. The molecule has 21 heavy (non-hydrogen) atoms. The summed E-state index contributed by atoms with van der Waals surface area (Å²) >= 11 is 3.36. The lowest BCUT2D eigenvalue weighted by Crippen LogP contribution is -2.04. The normalized spacial score (nSPS) is 10.3. The highest BCUT2D eigenvalue weighted by Gasteiger charge is 2.08. The van der Waals surface area contributed by atoms with Crippen molar-refractivity contribution in [3.63, 3.8) is 0 Å². The van der Waals surface area contributed by atoms with Gasteiger partial charge in [-0.3, -0.25) is 0 Å². The van der Waals surface area contributed by atoms with Crippen molar-refractivity contribution in [3.05, 3.63) is 34.7 Å². The van der Waals surface area contributed by atoms with Crippen LogP contribution in [-0.4, -0.2) is 23.1 Å². The van der Waals surface area contributed by atoms with Crippen molar-refractivity contribution >= 4 is 33.4 Å². The monoisotopic (exact) mass is 354 g/mol. The molecule has 2 rings (SSSR count). The Morgan fingerprint density at radius 3 is 2.81 bits per heavy atom. The van der Waals surface area contributed by atoms with Crippen molar-refractivity contribution in [3.8, 4) is 5.75 Å². The first kappa shape index (κ1) is 15.5. The summed E-state index contributed by atoms with van der Waals surface area (Å²) in [5, 5.41) is 6.07. The number of hydrogen-bond acceptors (Lipinski definition) is 5. The first-order valence-corrected chi connectivity index (χ1v) is 7.39. The Bertz CT molecular complexity index is 624. The third-order valence-electron chi connectivity index (χ3n) is 2.57. The number of halogens is 2. The molecular formula is C14H16BrFN4O. The molecule has 0 aliphatic heterocycles. The van der Waals surface area contributed by atoms with E-state index in [1.54, 1.807) is 18.3 Å². The Morgan fingerprint density at radius 2 is 2.14 bits per heavy atom. The Morgan fingerprint density at radius 1 is 1.33 bits per heavy atom. The van der Waals surface area contributed by atoms with Gasteiger partial charge in [0.25, 0.3) is 0 Å². The minimum atomic E-state index is -0.418. The van der Waals surface area contributed by atoms with Gasteiger partial charge >= 0.3 is 0 Å². The van der Waals surface area contributed by atoms with Gasteiger partial charge in [0.1, 0.15) is 5.82 Å². The van der Waals surface area contributed by atoms with Crippen LogP contribution in [0.1, 0.15) is 13.8 Å². The zero-order valence-electron chi connectivity index (χ0n) is 11.8. The van der Waals surface area contributed by atoms with Crippen molar-refractivity contribution in [2.75, 3.05) is 23.8 Å². The van der Waals surface area contributed by atoms with Crippen LogP contribution in [0, 0.1) is 5.82 Å². The lowest BCUT2D eigenvalue weighted by Gasteiger charge is -2.11. The summed E-state index contributed by atoms with van der Waals surface area (Å²) in [6.07, 6.45) is 1.64. The predicted octanol–water partition coefficient (Wildman–Crippen LogP) is 3.95. The number of nitrogens with zero attached hydrogens (tertiary/aromatic N) is 2. The molecule has 0 radical (unpaired) electrons. The van der Waals surface area contributed by atoms with Gasteiger partial charge in [0.05, 0.1) is 11.1 Å². The van der Waals surface area contributed by atoms with E-state index in [-0.39, 0.29) is 5.75 Å². The van der Waals surface area contributed by atoms with E-state index in [0.29, 0.717) is 28.5 Å². The van der Waals surface area contributed by atoms with Crippen LogP contribution in [0.15, 0.2) is 28.9 Å². The van der Waals surface area contributed by atoms with Gasteiger partial charge in [-0.05, 0) is 41.9 Å². The molecule has 0 aliphatic carbocycles. The summed E-state index contributed by atoms with van der Waals surface area (Å²) in [5.74, 6) is 0.885. The molecule has 0 fully saturated rings. The summed E-state index contributed by atoms with van der Waals surface area (Å²) in [6.45, 7) is 4.91. The average molecular weight is 355 g/mol. The molecule has 0 amide bonds. The van der Waals surface area contributed by atoms with Gasteiger partial charge in [-0.25, -0.2) is 9.37 Å². The fraction of sp³-hybridized carbons (Fsp3) is 0.286. The van der Waals surface area contributed by atoms with Gasteiger partial charge in [0.2, 0.25) is 5.95 Å². The molecule has 0 atom stereocenters. The smallest absolute Gasteiger partial charge is 0.224 e. The largest absolute Gasteiger partial charge is 0.491 e. The number of rotatable bonds is 6. The van der Waals surface area contributed by atoms with Crippen molar-refractivity contribution in [2.24, 2.45) is 0 Å². The molecule has 0 saturated heterocycles. The molecule has 112 valence electrons. The maximum Gasteiger partial charge on any atom is 0.224 e. The molecule has 1 aromatic carbocycles. The highest BCUT2D eigenvalue weighted by molar-refractivity contribution is 9.10. The average Bonchev–Trinajstić information content (AvgIpc) is 2.46.